The molecule has 3 aliphatic rings. The molecule has 3 saturated heterocycles. The van der Waals surface area contributed by atoms with Crippen molar-refractivity contribution in [2.75, 3.05) is 39.4 Å². The third-order valence-corrected chi connectivity index (χ3v) is 8.52. The Morgan fingerprint density at radius 3 is 2.47 bits per heavy atom. The average molecular weight is 510 g/mol. The molecular weight excluding hydrogens is 479 g/mol. The molecule has 4 heterocycles. The number of carboxylic acids is 1. The molecule has 2 N–H and O–H groups in total. The predicted molar refractivity (Wildman–Crippen MR) is 114 cm³/mol. The number of aliphatic carboxylic acids is 1. The Kier molecular flexibility index (Phi) is 8.56. The van der Waals surface area contributed by atoms with Gasteiger partial charge in [-0.25, -0.2) is 18.2 Å². The zero-order valence-corrected chi connectivity index (χ0v) is 19.5. The van der Waals surface area contributed by atoms with Crippen LogP contribution in [0, 0.1) is 5.41 Å². The molecule has 2 atom stereocenters. The topological polar surface area (TPSA) is 120 Å². The van der Waals surface area contributed by atoms with Gasteiger partial charge in [-0.05, 0) is 56.2 Å². The molecule has 0 aliphatic carbocycles. The zero-order valence-electron chi connectivity index (χ0n) is 18.7. The largest absolute Gasteiger partial charge is 0.490 e. The monoisotopic (exact) mass is 509 g/mol. The van der Waals surface area contributed by atoms with Crippen LogP contribution in [0.2, 0.25) is 0 Å². The molecule has 34 heavy (non-hydrogen) atoms. The number of sulfonamides is 1. The number of carbonyl (C=O) groups is 1. The van der Waals surface area contributed by atoms with Gasteiger partial charge < -0.3 is 14.9 Å². The van der Waals surface area contributed by atoms with Crippen LogP contribution < -0.4 is 0 Å². The smallest absolute Gasteiger partial charge is 0.475 e. The summed E-state index contributed by atoms with van der Waals surface area (Å²) in [7, 11) is -3.51. The maximum absolute atomic E-state index is 12.8. The molecule has 13 heteroatoms. The Morgan fingerprint density at radius 1 is 1.24 bits per heavy atom. The fourth-order valence-electron chi connectivity index (χ4n) is 4.80. The van der Waals surface area contributed by atoms with E-state index in [-0.39, 0.29) is 29.2 Å². The van der Waals surface area contributed by atoms with E-state index in [2.05, 4.69) is 9.88 Å². The Labute approximate surface area is 196 Å². The van der Waals surface area contributed by atoms with E-state index in [1.807, 2.05) is 0 Å². The van der Waals surface area contributed by atoms with Crippen LogP contribution in [-0.4, -0.2) is 96.5 Å². The van der Waals surface area contributed by atoms with Gasteiger partial charge in [0.2, 0.25) is 0 Å². The minimum absolute atomic E-state index is 0.0925. The van der Waals surface area contributed by atoms with E-state index in [0.717, 1.165) is 45.2 Å². The Balaban J connectivity index is 0.000000406. The van der Waals surface area contributed by atoms with Crippen molar-refractivity contribution in [3.63, 3.8) is 0 Å². The van der Waals surface area contributed by atoms with Crippen LogP contribution in [0.5, 0.6) is 0 Å². The number of ether oxygens (including phenoxy) is 1. The average Bonchev–Trinajstić information content (AvgIpc) is 3.41. The lowest BCUT2D eigenvalue weighted by Crippen LogP contribution is -2.44. The molecular formula is C21H30F3N3O6S. The van der Waals surface area contributed by atoms with Gasteiger partial charge in [-0.2, -0.15) is 17.5 Å². The molecule has 0 bridgehead atoms. The van der Waals surface area contributed by atoms with Crippen LogP contribution in [0.3, 0.4) is 0 Å². The lowest BCUT2D eigenvalue weighted by molar-refractivity contribution is -0.192. The van der Waals surface area contributed by atoms with Crippen LogP contribution in [0.4, 0.5) is 13.2 Å². The number of carboxylic acid groups (broad SMARTS) is 1. The maximum atomic E-state index is 12.8. The summed E-state index contributed by atoms with van der Waals surface area (Å²) in [6, 6.07) is 5.26. The molecule has 0 amide bonds. The van der Waals surface area contributed by atoms with Gasteiger partial charge in [0, 0.05) is 31.9 Å². The number of halogens is 3. The minimum atomic E-state index is -5.08. The van der Waals surface area contributed by atoms with Crippen molar-refractivity contribution in [3.8, 4) is 0 Å². The van der Waals surface area contributed by atoms with Gasteiger partial charge in [0.1, 0.15) is 0 Å². The van der Waals surface area contributed by atoms with E-state index >= 15 is 0 Å². The summed E-state index contributed by atoms with van der Waals surface area (Å²) in [6.07, 6.45) is 1.48. The van der Waals surface area contributed by atoms with Crippen molar-refractivity contribution >= 4 is 16.0 Å². The highest BCUT2D eigenvalue weighted by atomic mass is 32.2. The summed E-state index contributed by atoms with van der Waals surface area (Å²) in [5.74, 6) is -2.76. The van der Waals surface area contributed by atoms with Gasteiger partial charge in [-0.15, -0.1) is 0 Å². The molecule has 1 aromatic rings. The number of aromatic nitrogens is 1. The summed E-state index contributed by atoms with van der Waals surface area (Å²) in [5, 5.41) is 16.8. The third kappa shape index (κ3) is 6.45. The Morgan fingerprint density at radius 2 is 1.91 bits per heavy atom. The number of alkyl halides is 3. The van der Waals surface area contributed by atoms with E-state index in [9.17, 15) is 26.7 Å². The number of rotatable bonds is 5. The number of pyridine rings is 1. The first-order valence-corrected chi connectivity index (χ1v) is 12.6. The molecule has 0 aromatic carbocycles. The third-order valence-electron chi connectivity index (χ3n) is 6.70. The van der Waals surface area contributed by atoms with Crippen LogP contribution >= 0.6 is 0 Å². The lowest BCUT2D eigenvalue weighted by atomic mass is 9.77. The minimum Gasteiger partial charge on any atom is -0.475 e. The number of hydrogen-bond donors (Lipinski definition) is 2. The number of likely N-dealkylation sites (tertiary alicyclic amines) is 1. The van der Waals surface area contributed by atoms with E-state index in [1.54, 1.807) is 22.5 Å². The summed E-state index contributed by atoms with van der Waals surface area (Å²) in [5.41, 5.74) is 0.0925. The fraction of sp³-hybridized carbons (Fsp3) is 0.714. The second-order valence-electron chi connectivity index (χ2n) is 8.99. The van der Waals surface area contributed by atoms with Crippen molar-refractivity contribution in [2.24, 2.45) is 5.41 Å². The summed E-state index contributed by atoms with van der Waals surface area (Å²) >= 11 is 0. The SMILES string of the molecule is O=C(O)C(F)(F)F.O=S(=O)(c1ccccn1)N1CCC2(CC1)COC(CN1CCC[C@H]1CO)C2. The standard InChI is InChI=1S/C19H29N3O4S.C2HF3O2/c23-14-16-4-3-9-21(16)13-17-12-19(15-26-17)6-10-22(11-7-19)27(24,25)18-5-1-2-8-20-18;3-2(4,5)1(6)7/h1-2,5,8,16-17,23H,3-4,6-7,9-15H2;(H,6,7)/t16-,17?;/m0./s1. The lowest BCUT2D eigenvalue weighted by Gasteiger charge is -2.37. The highest BCUT2D eigenvalue weighted by molar-refractivity contribution is 7.89. The molecule has 192 valence electrons. The molecule has 1 spiro atoms. The Hall–Kier alpha value is -1.80. The Bertz CT molecular complexity index is 923. The van der Waals surface area contributed by atoms with Gasteiger partial charge in [0.25, 0.3) is 10.0 Å². The first-order valence-electron chi connectivity index (χ1n) is 11.1. The quantitative estimate of drug-likeness (QED) is 0.616. The molecule has 1 aromatic heterocycles. The predicted octanol–water partition coefficient (Wildman–Crippen LogP) is 1.73. The highest BCUT2D eigenvalue weighted by Gasteiger charge is 2.45. The van der Waals surface area contributed by atoms with Crippen molar-refractivity contribution in [2.45, 2.75) is 55.5 Å². The van der Waals surface area contributed by atoms with Crippen LogP contribution in [0.1, 0.15) is 32.1 Å². The van der Waals surface area contributed by atoms with Crippen molar-refractivity contribution in [1.82, 2.24) is 14.2 Å². The van der Waals surface area contributed by atoms with Gasteiger partial charge >= 0.3 is 12.1 Å². The van der Waals surface area contributed by atoms with Crippen molar-refractivity contribution in [1.29, 1.82) is 0 Å². The number of hydrogen-bond acceptors (Lipinski definition) is 7. The first-order chi connectivity index (χ1) is 16.0. The summed E-state index contributed by atoms with van der Waals surface area (Å²) < 4.78 is 64.9. The van der Waals surface area contributed by atoms with Crippen LogP contribution in [0.15, 0.2) is 29.4 Å². The number of aliphatic hydroxyl groups excluding tert-OH is 1. The summed E-state index contributed by atoms with van der Waals surface area (Å²) in [6.45, 7) is 3.90. The fourth-order valence-corrected chi connectivity index (χ4v) is 6.17. The molecule has 0 saturated carbocycles. The number of nitrogens with zero attached hydrogens (tertiary/aromatic N) is 3. The molecule has 3 fully saturated rings. The van der Waals surface area contributed by atoms with E-state index in [0.29, 0.717) is 19.7 Å². The number of piperidine rings is 1. The van der Waals surface area contributed by atoms with Gasteiger partial charge in [0.05, 0.1) is 19.3 Å². The normalized spacial score (nSPS) is 25.8. The zero-order chi connectivity index (χ0) is 25.0. The van der Waals surface area contributed by atoms with Crippen molar-refractivity contribution in [3.05, 3.63) is 24.4 Å². The van der Waals surface area contributed by atoms with E-state index < -0.39 is 22.2 Å². The van der Waals surface area contributed by atoms with Crippen LogP contribution in [0.25, 0.3) is 0 Å². The summed E-state index contributed by atoms with van der Waals surface area (Å²) in [4.78, 5) is 15.3. The molecule has 0 radical (unpaired) electrons. The van der Waals surface area contributed by atoms with Gasteiger partial charge in [-0.1, -0.05) is 6.07 Å². The van der Waals surface area contributed by atoms with E-state index in [4.69, 9.17) is 14.6 Å². The highest BCUT2D eigenvalue weighted by Crippen LogP contribution is 2.43. The molecule has 3 aliphatic heterocycles. The van der Waals surface area contributed by atoms with Crippen molar-refractivity contribution < 1.29 is 41.3 Å². The van der Waals surface area contributed by atoms with Crippen LogP contribution in [-0.2, 0) is 19.6 Å². The second kappa shape index (κ2) is 10.9. The molecule has 1 unspecified atom stereocenters. The van der Waals surface area contributed by atoms with Gasteiger partial charge in [-0.3, -0.25) is 4.90 Å². The molecule has 4 rings (SSSR count). The van der Waals surface area contributed by atoms with E-state index in [1.165, 1.54) is 6.20 Å². The first kappa shape index (κ1) is 26.8. The second-order valence-corrected chi connectivity index (χ2v) is 10.9. The molecule has 9 nitrogen and oxygen atoms in total. The maximum Gasteiger partial charge on any atom is 0.490 e. The van der Waals surface area contributed by atoms with Gasteiger partial charge in [0.15, 0.2) is 5.03 Å². The number of aliphatic hydroxyl groups is 1.